The first-order valence-electron chi connectivity index (χ1n) is 10.5. The van der Waals surface area contributed by atoms with Crippen LogP contribution in [0.1, 0.15) is 70.9 Å². The average molecular weight is 445 g/mol. The van der Waals surface area contributed by atoms with E-state index < -0.39 is 17.8 Å². The second kappa shape index (κ2) is 10.5. The van der Waals surface area contributed by atoms with Gasteiger partial charge in [-0.25, -0.2) is 9.59 Å². The minimum atomic E-state index is -0.938. The highest BCUT2D eigenvalue weighted by Gasteiger charge is 2.16. The van der Waals surface area contributed by atoms with E-state index in [1.165, 1.54) is 15.9 Å². The zero-order chi connectivity index (χ0) is 22.4. The largest absolute Gasteiger partial charge is 0.493 e. The second-order valence-corrected chi connectivity index (χ2v) is 8.76. The minimum absolute atomic E-state index is 0.161. The van der Waals surface area contributed by atoms with Crippen LogP contribution in [-0.4, -0.2) is 30.8 Å². The number of aromatic nitrogens is 2. The highest BCUT2D eigenvalue weighted by Crippen LogP contribution is 2.24. The lowest BCUT2D eigenvalue weighted by molar-refractivity contribution is 0.0702. The molecule has 31 heavy (non-hydrogen) atoms. The van der Waals surface area contributed by atoms with Crippen molar-refractivity contribution in [1.82, 2.24) is 9.55 Å². The van der Waals surface area contributed by atoms with E-state index in [0.717, 1.165) is 29.7 Å². The number of hydrogen-bond acceptors (Lipinski definition) is 5. The molecule has 0 radical (unpaired) electrons. The maximum absolute atomic E-state index is 12.4. The molecule has 0 bridgehead atoms. The number of imidazole rings is 1. The summed E-state index contributed by atoms with van der Waals surface area (Å²) in [5.74, 6) is -1.10. The van der Waals surface area contributed by atoms with Gasteiger partial charge in [0.15, 0.2) is 0 Å². The van der Waals surface area contributed by atoms with Crippen molar-refractivity contribution in [2.45, 2.75) is 58.0 Å². The van der Waals surface area contributed by atoms with Gasteiger partial charge in [0.25, 0.3) is 0 Å². The summed E-state index contributed by atoms with van der Waals surface area (Å²) < 4.78 is 1.44. The Hall–Kier alpha value is -2.84. The summed E-state index contributed by atoms with van der Waals surface area (Å²) in [6, 6.07) is 10.5. The van der Waals surface area contributed by atoms with Crippen molar-refractivity contribution in [1.29, 1.82) is 0 Å². The summed E-state index contributed by atoms with van der Waals surface area (Å²) in [5, 5.41) is 29.6. The van der Waals surface area contributed by atoms with Gasteiger partial charge in [-0.15, -0.1) is 11.3 Å². The van der Waals surface area contributed by atoms with Crippen molar-refractivity contribution < 1.29 is 20.1 Å². The minimum Gasteiger partial charge on any atom is -0.493 e. The van der Waals surface area contributed by atoms with E-state index in [0.29, 0.717) is 41.9 Å². The van der Waals surface area contributed by atoms with Gasteiger partial charge in [-0.1, -0.05) is 38.3 Å². The van der Waals surface area contributed by atoms with Gasteiger partial charge in [0.05, 0.1) is 17.5 Å². The molecule has 7 nitrogen and oxygen atoms in total. The fourth-order valence-corrected chi connectivity index (χ4v) is 4.51. The van der Waals surface area contributed by atoms with Gasteiger partial charge >= 0.3 is 11.7 Å². The van der Waals surface area contributed by atoms with Gasteiger partial charge < -0.3 is 15.3 Å². The standard InChI is InChI=1S/C23H28N2O5S/c1-2-3-4-8-19(26)15-9-11-16(12-10-15)25-18(21(27)24-23(25)30)7-5-6-17-13-14-20(31-17)22(28)29/h9-14,19,26-27H,2-8H2,1H3,(H,24,30)(H,28,29). The number of aromatic amines is 1. The maximum Gasteiger partial charge on any atom is 0.345 e. The summed E-state index contributed by atoms with van der Waals surface area (Å²) in [6.45, 7) is 2.12. The van der Waals surface area contributed by atoms with E-state index in [-0.39, 0.29) is 5.88 Å². The van der Waals surface area contributed by atoms with Crippen LogP contribution >= 0.6 is 11.3 Å². The van der Waals surface area contributed by atoms with Gasteiger partial charge in [-0.05, 0) is 55.5 Å². The molecular weight excluding hydrogens is 416 g/mol. The van der Waals surface area contributed by atoms with Crippen molar-refractivity contribution in [3.63, 3.8) is 0 Å². The highest BCUT2D eigenvalue weighted by atomic mass is 32.1. The third-order valence-electron chi connectivity index (χ3n) is 5.30. The van der Waals surface area contributed by atoms with Crippen LogP contribution in [0.4, 0.5) is 0 Å². The normalized spacial score (nSPS) is 12.2. The number of aliphatic hydroxyl groups is 1. The Kier molecular flexibility index (Phi) is 7.70. The monoisotopic (exact) mass is 444 g/mol. The topological polar surface area (TPSA) is 116 Å². The van der Waals surface area contributed by atoms with E-state index >= 15 is 0 Å². The molecule has 0 aliphatic heterocycles. The number of aryl methyl sites for hydroxylation is 1. The molecule has 8 heteroatoms. The van der Waals surface area contributed by atoms with Crippen LogP contribution in [0, 0.1) is 0 Å². The van der Waals surface area contributed by atoms with Crippen LogP contribution in [0.2, 0.25) is 0 Å². The van der Waals surface area contributed by atoms with Gasteiger partial charge in [0.2, 0.25) is 5.88 Å². The van der Waals surface area contributed by atoms with E-state index in [9.17, 15) is 19.8 Å². The van der Waals surface area contributed by atoms with Crippen LogP contribution in [0.15, 0.2) is 41.2 Å². The zero-order valence-electron chi connectivity index (χ0n) is 17.5. The molecule has 2 heterocycles. The Balaban J connectivity index is 1.70. The van der Waals surface area contributed by atoms with Crippen LogP contribution in [0.5, 0.6) is 5.88 Å². The number of carbonyl (C=O) groups is 1. The van der Waals surface area contributed by atoms with Crippen LogP contribution < -0.4 is 5.69 Å². The molecule has 4 N–H and O–H groups in total. The molecule has 1 atom stereocenters. The SMILES string of the molecule is CCCCCC(O)c1ccc(-n2c(CCCc3ccc(C(=O)O)s3)c(O)[nH]c2=O)cc1. The molecule has 0 amide bonds. The number of benzene rings is 1. The highest BCUT2D eigenvalue weighted by molar-refractivity contribution is 7.13. The summed E-state index contributed by atoms with van der Waals surface area (Å²) in [6.07, 6.45) is 5.08. The van der Waals surface area contributed by atoms with E-state index in [2.05, 4.69) is 11.9 Å². The summed E-state index contributed by atoms with van der Waals surface area (Å²) in [4.78, 5) is 27.1. The molecule has 0 saturated heterocycles. The maximum atomic E-state index is 12.4. The first kappa shape index (κ1) is 22.8. The Morgan fingerprint density at radius 2 is 1.84 bits per heavy atom. The van der Waals surface area contributed by atoms with Crippen molar-refractivity contribution >= 4 is 17.3 Å². The quantitative estimate of drug-likeness (QED) is 0.327. The first-order chi connectivity index (χ1) is 14.9. The lowest BCUT2D eigenvalue weighted by Crippen LogP contribution is -2.17. The van der Waals surface area contributed by atoms with E-state index in [4.69, 9.17) is 5.11 Å². The molecule has 0 spiro atoms. The number of H-pyrrole nitrogens is 1. The molecule has 0 fully saturated rings. The van der Waals surface area contributed by atoms with Crippen molar-refractivity contribution in [2.24, 2.45) is 0 Å². The number of aliphatic hydroxyl groups excluding tert-OH is 1. The molecule has 1 unspecified atom stereocenters. The molecule has 0 saturated carbocycles. The molecule has 2 aromatic heterocycles. The van der Waals surface area contributed by atoms with E-state index in [1.54, 1.807) is 24.3 Å². The Morgan fingerprint density at radius 1 is 1.10 bits per heavy atom. The fraction of sp³-hybridized carbons (Fsp3) is 0.391. The molecular formula is C23H28N2O5S. The number of unbranched alkanes of at least 4 members (excludes halogenated alkanes) is 2. The Labute approximate surface area is 184 Å². The molecule has 3 rings (SSSR count). The number of carboxylic acid groups (broad SMARTS) is 1. The number of nitrogens with zero attached hydrogens (tertiary/aromatic N) is 1. The number of carboxylic acids is 1. The molecule has 1 aromatic carbocycles. The number of rotatable bonds is 11. The van der Waals surface area contributed by atoms with Crippen molar-refractivity contribution in [3.05, 3.63) is 67.9 Å². The second-order valence-electron chi connectivity index (χ2n) is 7.59. The Bertz CT molecular complexity index is 1060. The number of hydrogen-bond donors (Lipinski definition) is 4. The number of thiophene rings is 1. The van der Waals surface area contributed by atoms with Gasteiger partial charge in [0.1, 0.15) is 4.88 Å². The summed E-state index contributed by atoms with van der Waals surface area (Å²) in [7, 11) is 0. The van der Waals surface area contributed by atoms with Crippen molar-refractivity contribution in [3.8, 4) is 11.6 Å². The summed E-state index contributed by atoms with van der Waals surface area (Å²) in [5.41, 5.74) is 1.48. The number of aromatic carboxylic acids is 1. The van der Waals surface area contributed by atoms with Crippen molar-refractivity contribution in [2.75, 3.05) is 0 Å². The third kappa shape index (κ3) is 5.65. The van der Waals surface area contributed by atoms with E-state index in [1.807, 2.05) is 12.1 Å². The third-order valence-corrected chi connectivity index (χ3v) is 6.43. The number of aromatic hydroxyl groups is 1. The van der Waals surface area contributed by atoms with Crippen LogP contribution in [-0.2, 0) is 12.8 Å². The van der Waals surface area contributed by atoms with Gasteiger partial charge in [-0.2, -0.15) is 0 Å². The smallest absolute Gasteiger partial charge is 0.345 e. The number of nitrogens with one attached hydrogen (secondary N) is 1. The Morgan fingerprint density at radius 3 is 2.48 bits per heavy atom. The predicted molar refractivity (Wildman–Crippen MR) is 120 cm³/mol. The molecule has 3 aromatic rings. The summed E-state index contributed by atoms with van der Waals surface area (Å²) >= 11 is 1.24. The van der Waals surface area contributed by atoms with Gasteiger partial charge in [-0.3, -0.25) is 9.55 Å². The lowest BCUT2D eigenvalue weighted by Gasteiger charge is -2.12. The fourth-order valence-electron chi connectivity index (χ4n) is 3.62. The molecule has 166 valence electrons. The van der Waals surface area contributed by atoms with Gasteiger partial charge in [0, 0.05) is 4.88 Å². The molecule has 0 aliphatic carbocycles. The first-order valence-corrected chi connectivity index (χ1v) is 11.4. The average Bonchev–Trinajstić information content (AvgIpc) is 3.33. The van der Waals surface area contributed by atoms with Crippen LogP contribution in [0.3, 0.4) is 0 Å². The lowest BCUT2D eigenvalue weighted by atomic mass is 10.0. The molecule has 0 aliphatic rings. The van der Waals surface area contributed by atoms with Crippen LogP contribution in [0.25, 0.3) is 5.69 Å². The zero-order valence-corrected chi connectivity index (χ0v) is 18.3. The predicted octanol–water partition coefficient (Wildman–Crippen LogP) is 4.42.